The molecule has 0 spiro atoms. The summed E-state index contributed by atoms with van der Waals surface area (Å²) >= 11 is 1.75. The Hall–Kier alpha value is -1.77. The number of nitrogens with zero attached hydrogens (tertiary/aromatic N) is 2. The predicted octanol–water partition coefficient (Wildman–Crippen LogP) is 2.42. The lowest BCUT2D eigenvalue weighted by molar-refractivity contribution is 0.0984. The van der Waals surface area contributed by atoms with Crippen LogP contribution in [0.25, 0.3) is 0 Å². The van der Waals surface area contributed by atoms with Crippen molar-refractivity contribution in [3.05, 3.63) is 48.3 Å². The lowest BCUT2D eigenvalue weighted by Crippen LogP contribution is -2.37. The normalized spacial score (nSPS) is 15.9. The van der Waals surface area contributed by atoms with Crippen LogP contribution in [0.2, 0.25) is 0 Å². The molecule has 1 aliphatic rings. The maximum atomic E-state index is 12.8. The molecule has 2 aromatic rings. The molecule has 8 heteroatoms. The van der Waals surface area contributed by atoms with Crippen molar-refractivity contribution >= 4 is 33.4 Å². The number of aromatic amines is 1. The molecule has 6 nitrogen and oxygen atoms in total. The van der Waals surface area contributed by atoms with Crippen LogP contribution >= 0.6 is 11.8 Å². The van der Waals surface area contributed by atoms with Crippen LogP contribution in [0.1, 0.15) is 17.4 Å². The summed E-state index contributed by atoms with van der Waals surface area (Å²) in [5.74, 6) is 1.35. The number of benzene rings is 1. The third kappa shape index (κ3) is 3.75. The fraction of sp³-hybridized carbons (Fsp3) is 0.353. The molecule has 1 aromatic heterocycles. The van der Waals surface area contributed by atoms with E-state index in [4.69, 9.17) is 0 Å². The van der Waals surface area contributed by atoms with Gasteiger partial charge in [0.1, 0.15) is 10.6 Å². The van der Waals surface area contributed by atoms with Crippen molar-refractivity contribution in [2.75, 3.05) is 36.0 Å². The molecule has 3 rings (SSSR count). The summed E-state index contributed by atoms with van der Waals surface area (Å²) in [5.41, 5.74) is 1.05. The number of sulfonamides is 1. The number of carbonyl (C=O) groups is 1. The molecule has 2 heterocycles. The number of para-hydroxylation sites is 1. The largest absolute Gasteiger partial charge is 0.356 e. The van der Waals surface area contributed by atoms with Crippen LogP contribution < -0.4 is 4.90 Å². The van der Waals surface area contributed by atoms with E-state index in [1.807, 2.05) is 37.3 Å². The van der Waals surface area contributed by atoms with Crippen molar-refractivity contribution in [3.63, 3.8) is 0 Å². The van der Waals surface area contributed by atoms with Crippen LogP contribution in [-0.4, -0.2) is 54.8 Å². The van der Waals surface area contributed by atoms with Crippen LogP contribution in [0.5, 0.6) is 0 Å². The molecule has 1 aromatic carbocycles. The van der Waals surface area contributed by atoms with Crippen molar-refractivity contribution in [1.82, 2.24) is 9.29 Å². The molecule has 0 atom stereocenters. The Morgan fingerprint density at radius 2 is 1.92 bits per heavy atom. The van der Waals surface area contributed by atoms with Gasteiger partial charge in [-0.05, 0) is 25.1 Å². The van der Waals surface area contributed by atoms with E-state index in [-0.39, 0.29) is 16.5 Å². The van der Waals surface area contributed by atoms with E-state index in [1.54, 1.807) is 16.7 Å². The van der Waals surface area contributed by atoms with Gasteiger partial charge in [-0.2, -0.15) is 16.1 Å². The molecule has 0 unspecified atom stereocenters. The summed E-state index contributed by atoms with van der Waals surface area (Å²) in [7, 11) is -3.55. The van der Waals surface area contributed by atoms with Crippen LogP contribution in [0.3, 0.4) is 0 Å². The highest BCUT2D eigenvalue weighted by Gasteiger charge is 2.28. The van der Waals surface area contributed by atoms with E-state index in [1.165, 1.54) is 16.6 Å². The van der Waals surface area contributed by atoms with Crippen molar-refractivity contribution < 1.29 is 13.2 Å². The Balaban J connectivity index is 1.84. The highest BCUT2D eigenvalue weighted by Crippen LogP contribution is 2.22. The van der Waals surface area contributed by atoms with Crippen LogP contribution in [-0.2, 0) is 10.0 Å². The zero-order valence-electron chi connectivity index (χ0n) is 14.0. The van der Waals surface area contributed by atoms with Crippen molar-refractivity contribution in [2.24, 2.45) is 0 Å². The lowest BCUT2D eigenvalue weighted by atomic mass is 10.2. The Morgan fingerprint density at radius 3 is 2.56 bits per heavy atom. The van der Waals surface area contributed by atoms with Crippen LogP contribution in [0.4, 0.5) is 5.69 Å². The fourth-order valence-electron chi connectivity index (χ4n) is 2.78. The summed E-state index contributed by atoms with van der Waals surface area (Å²) in [6, 6.07) is 10.8. The number of anilines is 1. The number of hydrogen-bond donors (Lipinski definition) is 1. The number of carbonyl (C=O) groups excluding carboxylic acids is 1. The van der Waals surface area contributed by atoms with E-state index < -0.39 is 10.0 Å². The van der Waals surface area contributed by atoms with Gasteiger partial charge in [0.05, 0.1) is 0 Å². The number of amides is 1. The first-order valence-electron chi connectivity index (χ1n) is 8.17. The van der Waals surface area contributed by atoms with E-state index in [0.29, 0.717) is 19.6 Å². The van der Waals surface area contributed by atoms with Gasteiger partial charge in [-0.1, -0.05) is 18.2 Å². The van der Waals surface area contributed by atoms with E-state index in [0.717, 1.165) is 17.2 Å². The van der Waals surface area contributed by atoms with Gasteiger partial charge in [0, 0.05) is 43.0 Å². The predicted molar refractivity (Wildman–Crippen MR) is 101 cm³/mol. The molecule has 0 bridgehead atoms. The first kappa shape index (κ1) is 18.0. The quantitative estimate of drug-likeness (QED) is 0.866. The summed E-state index contributed by atoms with van der Waals surface area (Å²) in [5, 5.41) is 0. The fourth-order valence-corrected chi connectivity index (χ4v) is 5.35. The molecule has 25 heavy (non-hydrogen) atoms. The molecule has 1 N–H and O–H groups in total. The van der Waals surface area contributed by atoms with Crippen molar-refractivity contribution in [3.8, 4) is 0 Å². The molecule has 0 radical (unpaired) electrons. The van der Waals surface area contributed by atoms with Crippen molar-refractivity contribution in [1.29, 1.82) is 0 Å². The number of nitrogens with one attached hydrogen (secondary N) is 1. The van der Waals surface area contributed by atoms with Crippen molar-refractivity contribution in [2.45, 2.75) is 11.8 Å². The number of thioether (sulfide) groups is 1. The van der Waals surface area contributed by atoms with E-state index >= 15 is 0 Å². The molecule has 1 fully saturated rings. The Bertz CT molecular complexity index is 828. The minimum Gasteiger partial charge on any atom is -0.356 e. The molecular formula is C17H21N3O3S2. The maximum absolute atomic E-state index is 12.8. The molecule has 0 saturated carbocycles. The summed E-state index contributed by atoms with van der Waals surface area (Å²) in [4.78, 5) is 17.4. The zero-order valence-corrected chi connectivity index (χ0v) is 15.6. The number of hydrogen-bond acceptors (Lipinski definition) is 4. The van der Waals surface area contributed by atoms with Gasteiger partial charge < -0.3 is 9.88 Å². The van der Waals surface area contributed by atoms with E-state index in [2.05, 4.69) is 4.98 Å². The van der Waals surface area contributed by atoms with Gasteiger partial charge in [0.25, 0.3) is 5.91 Å². The zero-order chi connectivity index (χ0) is 17.9. The molecule has 134 valence electrons. The minimum atomic E-state index is -3.55. The van der Waals surface area contributed by atoms with Gasteiger partial charge in [-0.25, -0.2) is 8.42 Å². The number of H-pyrrole nitrogens is 1. The average Bonchev–Trinajstić information content (AvgIpc) is 3.15. The highest BCUT2D eigenvalue weighted by atomic mass is 32.2. The summed E-state index contributed by atoms with van der Waals surface area (Å²) < 4.78 is 26.9. The highest BCUT2D eigenvalue weighted by molar-refractivity contribution is 7.99. The molecular weight excluding hydrogens is 358 g/mol. The molecule has 1 aliphatic heterocycles. The Morgan fingerprint density at radius 1 is 1.24 bits per heavy atom. The van der Waals surface area contributed by atoms with Gasteiger partial charge in [-0.15, -0.1) is 0 Å². The van der Waals surface area contributed by atoms with Gasteiger partial charge in [-0.3, -0.25) is 4.79 Å². The first-order chi connectivity index (χ1) is 12.0. The summed E-state index contributed by atoms with van der Waals surface area (Å²) in [6.07, 6.45) is 1.41. The summed E-state index contributed by atoms with van der Waals surface area (Å²) in [6.45, 7) is 3.39. The van der Waals surface area contributed by atoms with E-state index in [9.17, 15) is 13.2 Å². The molecule has 1 saturated heterocycles. The number of aromatic nitrogens is 1. The third-order valence-corrected chi connectivity index (χ3v) is 6.94. The third-order valence-electron chi connectivity index (χ3n) is 4.12. The monoisotopic (exact) mass is 379 g/mol. The minimum absolute atomic E-state index is 0.145. The van der Waals surface area contributed by atoms with Gasteiger partial charge in [0.15, 0.2) is 0 Å². The SMILES string of the molecule is CCN(C(=O)c1cc(S(=O)(=O)N2CCSCC2)c[nH]1)c1ccccc1. The number of rotatable bonds is 5. The Kier molecular flexibility index (Phi) is 5.51. The second-order valence-electron chi connectivity index (χ2n) is 5.65. The molecule has 1 amide bonds. The first-order valence-corrected chi connectivity index (χ1v) is 10.8. The van der Waals surface area contributed by atoms with Gasteiger partial charge >= 0.3 is 0 Å². The second-order valence-corrected chi connectivity index (χ2v) is 8.81. The van der Waals surface area contributed by atoms with Crippen LogP contribution in [0.15, 0.2) is 47.5 Å². The lowest BCUT2D eigenvalue weighted by Gasteiger charge is -2.25. The van der Waals surface area contributed by atoms with Crippen LogP contribution in [0, 0.1) is 0 Å². The average molecular weight is 380 g/mol. The smallest absolute Gasteiger partial charge is 0.274 e. The maximum Gasteiger partial charge on any atom is 0.274 e. The van der Waals surface area contributed by atoms with Gasteiger partial charge in [0.2, 0.25) is 10.0 Å². The standard InChI is InChI=1S/C17H21N3O3S2/c1-2-20(14-6-4-3-5-7-14)17(21)16-12-15(13-18-16)25(22,23)19-8-10-24-11-9-19/h3-7,12-13,18H,2,8-11H2,1H3. The Labute approximate surface area is 152 Å². The topological polar surface area (TPSA) is 73.5 Å². The second kappa shape index (κ2) is 7.63. The molecule has 0 aliphatic carbocycles.